The van der Waals surface area contributed by atoms with E-state index in [1.54, 1.807) is 0 Å². The predicted molar refractivity (Wildman–Crippen MR) is 71.7 cm³/mol. The molecule has 18 heavy (non-hydrogen) atoms. The molecule has 1 aromatic carbocycles. The van der Waals surface area contributed by atoms with Gasteiger partial charge in [-0.1, -0.05) is 6.92 Å². The molecule has 0 aromatic heterocycles. The molecule has 0 radical (unpaired) electrons. The van der Waals surface area contributed by atoms with Crippen LogP contribution in [0.3, 0.4) is 0 Å². The van der Waals surface area contributed by atoms with E-state index in [1.165, 1.54) is 0 Å². The Kier molecular flexibility index (Phi) is 3.87. The lowest BCUT2D eigenvalue weighted by molar-refractivity contribution is -0.119. The number of hydrogen-bond acceptors (Lipinski definition) is 3. The first-order valence-corrected chi connectivity index (χ1v) is 6.40. The Labute approximate surface area is 108 Å². The van der Waals surface area contributed by atoms with Gasteiger partial charge in [0.25, 0.3) is 0 Å². The number of nitrogens with two attached hydrogens (primary N) is 1. The summed E-state index contributed by atoms with van der Waals surface area (Å²) in [4.78, 5) is 11.9. The average molecular weight is 248 g/mol. The fourth-order valence-electron chi connectivity index (χ4n) is 1.93. The van der Waals surface area contributed by atoms with E-state index >= 15 is 0 Å². The van der Waals surface area contributed by atoms with Crippen LogP contribution in [0, 0.1) is 5.92 Å². The lowest BCUT2D eigenvalue weighted by Gasteiger charge is -2.19. The predicted octanol–water partition coefficient (Wildman–Crippen LogP) is 1.93. The van der Waals surface area contributed by atoms with Crippen LogP contribution in [-0.2, 0) is 11.2 Å². The highest BCUT2D eigenvalue weighted by Crippen LogP contribution is 2.27. The summed E-state index contributed by atoms with van der Waals surface area (Å²) in [7, 11) is 0. The number of carbonyl (C=O) groups is 1. The number of fused-ring (bicyclic) bond motifs is 1. The SMILES string of the molecule is CC(N)C(C)C(=O)Nc1ccc2c(c1)CCCO2. The molecule has 2 rings (SSSR count). The summed E-state index contributed by atoms with van der Waals surface area (Å²) >= 11 is 0. The Bertz CT molecular complexity index is 443. The van der Waals surface area contributed by atoms with E-state index in [-0.39, 0.29) is 17.9 Å². The zero-order valence-corrected chi connectivity index (χ0v) is 10.9. The van der Waals surface area contributed by atoms with E-state index in [0.29, 0.717) is 0 Å². The molecule has 1 aliphatic heterocycles. The number of amides is 1. The number of ether oxygens (including phenoxy) is 1. The van der Waals surface area contributed by atoms with Gasteiger partial charge in [0.15, 0.2) is 0 Å². The summed E-state index contributed by atoms with van der Waals surface area (Å²) in [6.07, 6.45) is 2.03. The van der Waals surface area contributed by atoms with Crippen LogP contribution in [0.25, 0.3) is 0 Å². The second kappa shape index (κ2) is 5.40. The fraction of sp³-hybridized carbons (Fsp3) is 0.500. The van der Waals surface area contributed by atoms with Gasteiger partial charge in [0.2, 0.25) is 5.91 Å². The smallest absolute Gasteiger partial charge is 0.228 e. The number of nitrogens with one attached hydrogen (secondary N) is 1. The Morgan fingerprint density at radius 2 is 2.22 bits per heavy atom. The third-order valence-electron chi connectivity index (χ3n) is 3.38. The van der Waals surface area contributed by atoms with Gasteiger partial charge in [-0.3, -0.25) is 4.79 Å². The zero-order valence-electron chi connectivity index (χ0n) is 10.9. The zero-order chi connectivity index (χ0) is 13.1. The van der Waals surface area contributed by atoms with E-state index in [4.69, 9.17) is 10.5 Å². The molecule has 1 aromatic rings. The maximum Gasteiger partial charge on any atom is 0.228 e. The van der Waals surface area contributed by atoms with Crippen molar-refractivity contribution < 1.29 is 9.53 Å². The van der Waals surface area contributed by atoms with Crippen molar-refractivity contribution in [3.05, 3.63) is 23.8 Å². The molecule has 0 fully saturated rings. The highest BCUT2D eigenvalue weighted by Gasteiger charge is 2.18. The minimum absolute atomic E-state index is 0.0401. The van der Waals surface area contributed by atoms with Crippen LogP contribution >= 0.6 is 0 Å². The second-order valence-corrected chi connectivity index (χ2v) is 4.91. The molecule has 0 bridgehead atoms. The van der Waals surface area contributed by atoms with Crippen molar-refractivity contribution in [2.45, 2.75) is 32.7 Å². The highest BCUT2D eigenvalue weighted by atomic mass is 16.5. The maximum atomic E-state index is 11.9. The van der Waals surface area contributed by atoms with Crippen molar-refractivity contribution in [3.63, 3.8) is 0 Å². The Morgan fingerprint density at radius 1 is 1.44 bits per heavy atom. The molecular weight excluding hydrogens is 228 g/mol. The van der Waals surface area contributed by atoms with Crippen molar-refractivity contribution in [1.82, 2.24) is 0 Å². The van der Waals surface area contributed by atoms with Gasteiger partial charge in [-0.25, -0.2) is 0 Å². The quantitative estimate of drug-likeness (QED) is 0.859. The third-order valence-corrected chi connectivity index (χ3v) is 3.38. The molecule has 0 spiro atoms. The Morgan fingerprint density at radius 3 is 2.94 bits per heavy atom. The normalized spacial score (nSPS) is 17.3. The van der Waals surface area contributed by atoms with E-state index in [0.717, 1.165) is 36.4 Å². The molecule has 1 aliphatic rings. The van der Waals surface area contributed by atoms with Crippen molar-refractivity contribution in [3.8, 4) is 5.75 Å². The number of benzene rings is 1. The first kappa shape index (κ1) is 12.9. The molecule has 0 aliphatic carbocycles. The molecule has 4 nitrogen and oxygen atoms in total. The van der Waals surface area contributed by atoms with Crippen molar-refractivity contribution in [2.75, 3.05) is 11.9 Å². The van der Waals surface area contributed by atoms with E-state index < -0.39 is 0 Å². The van der Waals surface area contributed by atoms with Crippen molar-refractivity contribution in [1.29, 1.82) is 0 Å². The molecule has 2 atom stereocenters. The van der Waals surface area contributed by atoms with Crippen LogP contribution in [0.1, 0.15) is 25.8 Å². The van der Waals surface area contributed by atoms with Crippen LogP contribution in [0.2, 0.25) is 0 Å². The molecular formula is C14H20N2O2. The van der Waals surface area contributed by atoms with E-state index in [1.807, 2.05) is 32.0 Å². The van der Waals surface area contributed by atoms with Gasteiger partial charge < -0.3 is 15.8 Å². The standard InChI is InChI=1S/C14H20N2O2/c1-9(10(2)15)14(17)16-12-5-6-13-11(8-12)4-3-7-18-13/h5-6,8-10H,3-4,7,15H2,1-2H3,(H,16,17). The van der Waals surface area contributed by atoms with Crippen LogP contribution in [0.15, 0.2) is 18.2 Å². The third kappa shape index (κ3) is 2.82. The average Bonchev–Trinajstić information content (AvgIpc) is 2.37. The first-order chi connectivity index (χ1) is 8.58. The van der Waals surface area contributed by atoms with Gasteiger partial charge >= 0.3 is 0 Å². The summed E-state index contributed by atoms with van der Waals surface area (Å²) < 4.78 is 5.54. The van der Waals surface area contributed by atoms with Crippen LogP contribution in [-0.4, -0.2) is 18.6 Å². The number of aryl methyl sites for hydroxylation is 1. The molecule has 4 heteroatoms. The summed E-state index contributed by atoms with van der Waals surface area (Å²) in [5, 5.41) is 2.90. The van der Waals surface area contributed by atoms with E-state index in [9.17, 15) is 4.79 Å². The van der Waals surface area contributed by atoms with Gasteiger partial charge in [-0.2, -0.15) is 0 Å². The van der Waals surface area contributed by atoms with Crippen LogP contribution < -0.4 is 15.8 Å². The first-order valence-electron chi connectivity index (χ1n) is 6.40. The lowest BCUT2D eigenvalue weighted by Crippen LogP contribution is -2.34. The van der Waals surface area contributed by atoms with Crippen molar-refractivity contribution in [2.24, 2.45) is 11.7 Å². The van der Waals surface area contributed by atoms with Gasteiger partial charge in [-0.05, 0) is 43.5 Å². The van der Waals surface area contributed by atoms with Crippen molar-refractivity contribution >= 4 is 11.6 Å². The molecule has 1 amide bonds. The van der Waals surface area contributed by atoms with E-state index in [2.05, 4.69) is 5.32 Å². The molecule has 2 unspecified atom stereocenters. The fourth-order valence-corrected chi connectivity index (χ4v) is 1.93. The largest absolute Gasteiger partial charge is 0.493 e. The summed E-state index contributed by atoms with van der Waals surface area (Å²) in [5.74, 6) is 0.693. The summed E-state index contributed by atoms with van der Waals surface area (Å²) in [6.45, 7) is 4.45. The molecule has 3 N–H and O–H groups in total. The molecule has 98 valence electrons. The molecule has 1 heterocycles. The van der Waals surface area contributed by atoms with Crippen LogP contribution in [0.5, 0.6) is 5.75 Å². The topological polar surface area (TPSA) is 64.4 Å². The summed E-state index contributed by atoms with van der Waals surface area (Å²) in [6, 6.07) is 5.63. The highest BCUT2D eigenvalue weighted by molar-refractivity contribution is 5.92. The van der Waals surface area contributed by atoms with Gasteiger partial charge in [0, 0.05) is 11.7 Å². The molecule has 0 saturated heterocycles. The minimum atomic E-state index is -0.197. The molecule has 0 saturated carbocycles. The lowest BCUT2D eigenvalue weighted by atomic mass is 10.0. The Balaban J connectivity index is 2.08. The second-order valence-electron chi connectivity index (χ2n) is 4.91. The number of carbonyl (C=O) groups excluding carboxylic acids is 1. The number of rotatable bonds is 3. The maximum absolute atomic E-state index is 11.9. The van der Waals surface area contributed by atoms with Gasteiger partial charge in [0.1, 0.15) is 5.75 Å². The number of anilines is 1. The number of hydrogen-bond donors (Lipinski definition) is 2. The van der Waals surface area contributed by atoms with Gasteiger partial charge in [0.05, 0.1) is 12.5 Å². The van der Waals surface area contributed by atoms with Gasteiger partial charge in [-0.15, -0.1) is 0 Å². The Hall–Kier alpha value is -1.55. The monoisotopic (exact) mass is 248 g/mol. The van der Waals surface area contributed by atoms with Crippen LogP contribution in [0.4, 0.5) is 5.69 Å². The summed E-state index contributed by atoms with van der Waals surface area (Å²) in [5.41, 5.74) is 7.70. The minimum Gasteiger partial charge on any atom is -0.493 e.